The number of benzene rings is 2. The van der Waals surface area contributed by atoms with E-state index in [0.29, 0.717) is 16.9 Å². The third-order valence-corrected chi connectivity index (χ3v) is 3.57. The second-order valence-corrected chi connectivity index (χ2v) is 5.39. The largest absolute Gasteiger partial charge is 0.465 e. The Morgan fingerprint density at radius 2 is 1.78 bits per heavy atom. The highest BCUT2D eigenvalue weighted by Gasteiger charge is 2.14. The van der Waals surface area contributed by atoms with Crippen LogP contribution in [-0.2, 0) is 4.74 Å². The van der Waals surface area contributed by atoms with Gasteiger partial charge in [-0.05, 0) is 42.5 Å². The van der Waals surface area contributed by atoms with E-state index in [4.69, 9.17) is 4.74 Å². The summed E-state index contributed by atoms with van der Waals surface area (Å²) in [7, 11) is 1.29. The first-order valence-electron chi connectivity index (χ1n) is 7.91. The van der Waals surface area contributed by atoms with E-state index >= 15 is 0 Å². The average Bonchev–Trinajstić information content (AvgIpc) is 2.70. The fraction of sp³-hybridized carbons (Fsp3) is 0.0526. The van der Waals surface area contributed by atoms with Crippen molar-refractivity contribution in [3.63, 3.8) is 0 Å². The van der Waals surface area contributed by atoms with Crippen molar-refractivity contribution < 1.29 is 18.7 Å². The second kappa shape index (κ2) is 8.05. The van der Waals surface area contributed by atoms with Crippen LogP contribution in [0.2, 0.25) is 0 Å². The van der Waals surface area contributed by atoms with E-state index in [1.165, 1.54) is 43.6 Å². The Morgan fingerprint density at radius 3 is 2.52 bits per heavy atom. The number of nitrogens with zero attached hydrogens (tertiary/aromatic N) is 2. The van der Waals surface area contributed by atoms with E-state index in [1.807, 2.05) is 0 Å². The lowest BCUT2D eigenvalue weighted by atomic mass is 10.2. The van der Waals surface area contributed by atoms with Crippen LogP contribution in [0.1, 0.15) is 20.8 Å². The third-order valence-electron chi connectivity index (χ3n) is 3.57. The monoisotopic (exact) mass is 366 g/mol. The van der Waals surface area contributed by atoms with E-state index in [0.717, 1.165) is 0 Å². The molecule has 0 radical (unpaired) electrons. The maximum absolute atomic E-state index is 12.9. The number of esters is 1. The first-order chi connectivity index (χ1) is 13.1. The summed E-state index contributed by atoms with van der Waals surface area (Å²) in [4.78, 5) is 32.4. The number of amides is 1. The van der Waals surface area contributed by atoms with Gasteiger partial charge < -0.3 is 15.4 Å². The second-order valence-electron chi connectivity index (χ2n) is 5.39. The van der Waals surface area contributed by atoms with E-state index < -0.39 is 17.7 Å². The molecule has 0 saturated heterocycles. The maximum atomic E-state index is 12.9. The van der Waals surface area contributed by atoms with Gasteiger partial charge in [0.15, 0.2) is 0 Å². The summed E-state index contributed by atoms with van der Waals surface area (Å²) in [5.74, 6) is -1.25. The van der Waals surface area contributed by atoms with Crippen molar-refractivity contribution in [3.05, 3.63) is 77.9 Å². The molecule has 1 heterocycles. The molecule has 1 amide bonds. The maximum Gasteiger partial charge on any atom is 0.339 e. The number of carbonyl (C=O) groups excluding carboxylic acids is 2. The fourth-order valence-corrected chi connectivity index (χ4v) is 2.27. The Hall–Kier alpha value is -3.81. The summed E-state index contributed by atoms with van der Waals surface area (Å²) < 4.78 is 17.7. The smallest absolute Gasteiger partial charge is 0.339 e. The molecule has 3 rings (SSSR count). The Kier molecular flexibility index (Phi) is 5.36. The highest BCUT2D eigenvalue weighted by Crippen LogP contribution is 2.19. The van der Waals surface area contributed by atoms with Crippen LogP contribution in [0.3, 0.4) is 0 Å². The summed E-state index contributed by atoms with van der Waals surface area (Å²) in [5.41, 5.74) is 1.29. The van der Waals surface area contributed by atoms with Gasteiger partial charge in [-0.2, -0.15) is 0 Å². The first kappa shape index (κ1) is 18.0. The standard InChI is InChI=1S/C19H15FN4O3/c1-27-18(26)14-4-2-3-5-15(14)23-19-21-11-10-16(24-19)17(25)22-13-8-6-12(20)7-9-13/h2-11H,1H3,(H,22,25)(H,21,23,24). The van der Waals surface area contributed by atoms with Crippen molar-refractivity contribution in [2.75, 3.05) is 17.7 Å². The average molecular weight is 366 g/mol. The van der Waals surface area contributed by atoms with Gasteiger partial charge in [0.1, 0.15) is 11.5 Å². The SMILES string of the molecule is COC(=O)c1ccccc1Nc1nccc(C(=O)Nc2ccc(F)cc2)n1. The summed E-state index contributed by atoms with van der Waals surface area (Å²) in [6.07, 6.45) is 1.41. The van der Waals surface area contributed by atoms with Crippen molar-refractivity contribution in [1.82, 2.24) is 9.97 Å². The predicted molar refractivity (Wildman–Crippen MR) is 97.4 cm³/mol. The minimum Gasteiger partial charge on any atom is -0.465 e. The van der Waals surface area contributed by atoms with E-state index in [1.54, 1.807) is 24.3 Å². The van der Waals surface area contributed by atoms with Crippen LogP contribution < -0.4 is 10.6 Å². The Bertz CT molecular complexity index is 977. The van der Waals surface area contributed by atoms with Gasteiger partial charge in [0.25, 0.3) is 5.91 Å². The van der Waals surface area contributed by atoms with Crippen LogP contribution in [0.15, 0.2) is 60.8 Å². The number of hydrogen-bond acceptors (Lipinski definition) is 6. The number of aromatic nitrogens is 2. The van der Waals surface area contributed by atoms with Gasteiger partial charge in [-0.3, -0.25) is 4.79 Å². The van der Waals surface area contributed by atoms with Gasteiger partial charge in [-0.25, -0.2) is 19.2 Å². The Morgan fingerprint density at radius 1 is 1.04 bits per heavy atom. The quantitative estimate of drug-likeness (QED) is 0.672. The number of para-hydroxylation sites is 1. The molecule has 0 unspecified atom stereocenters. The molecule has 0 saturated carbocycles. The zero-order valence-corrected chi connectivity index (χ0v) is 14.3. The molecule has 1 aromatic heterocycles. The lowest BCUT2D eigenvalue weighted by molar-refractivity contribution is 0.0601. The van der Waals surface area contributed by atoms with Crippen molar-refractivity contribution in [2.45, 2.75) is 0 Å². The van der Waals surface area contributed by atoms with Crippen molar-refractivity contribution in [3.8, 4) is 0 Å². The minimum absolute atomic E-state index is 0.104. The Balaban J connectivity index is 1.79. The zero-order valence-electron chi connectivity index (χ0n) is 14.3. The molecule has 0 spiro atoms. The van der Waals surface area contributed by atoms with Gasteiger partial charge in [-0.15, -0.1) is 0 Å². The zero-order chi connectivity index (χ0) is 19.2. The number of ether oxygens (including phenoxy) is 1. The lowest BCUT2D eigenvalue weighted by Gasteiger charge is -2.10. The molecule has 0 aliphatic heterocycles. The summed E-state index contributed by atoms with van der Waals surface area (Å²) in [5, 5.41) is 5.52. The molecule has 27 heavy (non-hydrogen) atoms. The Labute approximate surface area is 154 Å². The third kappa shape index (κ3) is 4.43. The molecule has 2 aromatic carbocycles. The lowest BCUT2D eigenvalue weighted by Crippen LogP contribution is -2.15. The van der Waals surface area contributed by atoms with Crippen molar-refractivity contribution in [1.29, 1.82) is 0 Å². The number of halogens is 1. The van der Waals surface area contributed by atoms with Crippen molar-refractivity contribution in [2.24, 2.45) is 0 Å². The van der Waals surface area contributed by atoms with E-state index in [9.17, 15) is 14.0 Å². The van der Waals surface area contributed by atoms with Gasteiger partial charge >= 0.3 is 5.97 Å². The number of methoxy groups -OCH3 is 1. The normalized spacial score (nSPS) is 10.1. The minimum atomic E-state index is -0.511. The van der Waals surface area contributed by atoms with Gasteiger partial charge in [0, 0.05) is 11.9 Å². The van der Waals surface area contributed by atoms with Crippen LogP contribution in [0.5, 0.6) is 0 Å². The first-order valence-corrected chi connectivity index (χ1v) is 7.91. The topological polar surface area (TPSA) is 93.2 Å². The van der Waals surface area contributed by atoms with Crippen LogP contribution in [-0.4, -0.2) is 29.0 Å². The fourth-order valence-electron chi connectivity index (χ4n) is 2.27. The van der Waals surface area contributed by atoms with Crippen LogP contribution in [0.4, 0.5) is 21.7 Å². The molecule has 0 bridgehead atoms. The highest BCUT2D eigenvalue weighted by atomic mass is 19.1. The van der Waals surface area contributed by atoms with Gasteiger partial charge in [0.2, 0.25) is 5.95 Å². The molecule has 3 aromatic rings. The van der Waals surface area contributed by atoms with Gasteiger partial charge in [-0.1, -0.05) is 12.1 Å². The molecule has 0 aliphatic rings. The summed E-state index contributed by atoms with van der Waals surface area (Å²) in [6, 6.07) is 13.5. The number of nitrogens with one attached hydrogen (secondary N) is 2. The highest BCUT2D eigenvalue weighted by molar-refractivity contribution is 6.03. The number of rotatable bonds is 5. The van der Waals surface area contributed by atoms with Crippen LogP contribution in [0, 0.1) is 5.82 Å². The summed E-state index contributed by atoms with van der Waals surface area (Å²) in [6.45, 7) is 0. The van der Waals surface area contributed by atoms with E-state index in [2.05, 4.69) is 20.6 Å². The van der Waals surface area contributed by atoms with E-state index in [-0.39, 0.29) is 11.6 Å². The number of anilines is 3. The van der Waals surface area contributed by atoms with Crippen LogP contribution in [0.25, 0.3) is 0 Å². The molecule has 8 heteroatoms. The molecular formula is C19H15FN4O3. The molecule has 2 N–H and O–H groups in total. The summed E-state index contributed by atoms with van der Waals surface area (Å²) >= 11 is 0. The molecule has 0 fully saturated rings. The predicted octanol–water partition coefficient (Wildman–Crippen LogP) is 3.40. The number of hydrogen-bond donors (Lipinski definition) is 2. The molecular weight excluding hydrogens is 351 g/mol. The van der Waals surface area contributed by atoms with Crippen LogP contribution >= 0.6 is 0 Å². The molecule has 0 aliphatic carbocycles. The molecule has 7 nitrogen and oxygen atoms in total. The molecule has 136 valence electrons. The molecule has 0 atom stereocenters. The number of carbonyl (C=O) groups is 2. The van der Waals surface area contributed by atoms with Crippen molar-refractivity contribution >= 4 is 29.2 Å². The van der Waals surface area contributed by atoms with Gasteiger partial charge in [0.05, 0.1) is 18.4 Å².